The molecule has 4 nitrogen and oxygen atoms in total. The van der Waals surface area contributed by atoms with E-state index in [9.17, 15) is 0 Å². The number of nitrogens with zero attached hydrogens (tertiary/aromatic N) is 3. The highest BCUT2D eigenvalue weighted by Gasteiger charge is 2.30. The lowest BCUT2D eigenvalue weighted by atomic mass is 10.3. The van der Waals surface area contributed by atoms with Gasteiger partial charge in [-0.2, -0.15) is 11.3 Å². The molecular formula is C15H20N4S. The van der Waals surface area contributed by atoms with Crippen molar-refractivity contribution in [1.29, 1.82) is 0 Å². The standard InChI is InChI=1S/C15H20N4S/c1-2-6-17-14-8-16-9-15(18-14)19(13-3-4-13)10-12-5-7-20-11-12/h5,7-9,11,13H,2-4,6,10H2,1H3,(H,17,18). The Morgan fingerprint density at radius 1 is 1.40 bits per heavy atom. The van der Waals surface area contributed by atoms with Crippen LogP contribution in [0.25, 0.3) is 0 Å². The monoisotopic (exact) mass is 288 g/mol. The van der Waals surface area contributed by atoms with Crippen molar-refractivity contribution in [3.8, 4) is 0 Å². The third-order valence-electron chi connectivity index (χ3n) is 3.39. The molecule has 20 heavy (non-hydrogen) atoms. The summed E-state index contributed by atoms with van der Waals surface area (Å²) in [5, 5.41) is 7.65. The minimum atomic E-state index is 0.630. The molecule has 0 aliphatic heterocycles. The number of hydrogen-bond donors (Lipinski definition) is 1. The fraction of sp³-hybridized carbons (Fsp3) is 0.467. The highest BCUT2D eigenvalue weighted by molar-refractivity contribution is 7.07. The number of rotatable bonds is 7. The van der Waals surface area contributed by atoms with Gasteiger partial charge in [0, 0.05) is 19.1 Å². The summed E-state index contributed by atoms with van der Waals surface area (Å²) in [6.45, 7) is 4.02. The van der Waals surface area contributed by atoms with Crippen LogP contribution in [0.5, 0.6) is 0 Å². The fourth-order valence-electron chi connectivity index (χ4n) is 2.19. The molecule has 0 aromatic carbocycles. The molecule has 1 aliphatic rings. The van der Waals surface area contributed by atoms with E-state index >= 15 is 0 Å². The molecule has 0 unspecified atom stereocenters. The molecule has 1 N–H and O–H groups in total. The first-order valence-corrected chi connectivity index (χ1v) is 8.14. The quantitative estimate of drug-likeness (QED) is 0.846. The van der Waals surface area contributed by atoms with Gasteiger partial charge in [0.25, 0.3) is 0 Å². The summed E-state index contributed by atoms with van der Waals surface area (Å²) >= 11 is 1.75. The predicted octanol–water partition coefficient (Wildman–Crippen LogP) is 3.53. The van der Waals surface area contributed by atoms with Crippen molar-refractivity contribution in [2.45, 2.75) is 38.8 Å². The van der Waals surface area contributed by atoms with Crippen molar-refractivity contribution in [2.24, 2.45) is 0 Å². The Hall–Kier alpha value is -1.62. The average Bonchev–Trinajstić information content (AvgIpc) is 3.19. The lowest BCUT2D eigenvalue weighted by molar-refractivity contribution is 0.776. The molecule has 1 aliphatic carbocycles. The van der Waals surface area contributed by atoms with Crippen LogP contribution in [-0.2, 0) is 6.54 Å². The predicted molar refractivity (Wildman–Crippen MR) is 84.3 cm³/mol. The molecule has 1 fully saturated rings. The lowest BCUT2D eigenvalue weighted by Crippen LogP contribution is -2.26. The Morgan fingerprint density at radius 3 is 3.00 bits per heavy atom. The van der Waals surface area contributed by atoms with Crippen LogP contribution in [0.3, 0.4) is 0 Å². The van der Waals surface area contributed by atoms with Crippen molar-refractivity contribution in [3.63, 3.8) is 0 Å². The first-order chi connectivity index (χ1) is 9.86. The van der Waals surface area contributed by atoms with Crippen LogP contribution in [-0.4, -0.2) is 22.6 Å². The molecule has 1 saturated carbocycles. The highest BCUT2D eigenvalue weighted by Crippen LogP contribution is 2.32. The van der Waals surface area contributed by atoms with Crippen LogP contribution in [0.4, 0.5) is 11.6 Å². The van der Waals surface area contributed by atoms with E-state index < -0.39 is 0 Å². The van der Waals surface area contributed by atoms with Gasteiger partial charge in [-0.25, -0.2) is 4.98 Å². The van der Waals surface area contributed by atoms with Gasteiger partial charge < -0.3 is 10.2 Å². The zero-order valence-corrected chi connectivity index (χ0v) is 12.6. The number of aromatic nitrogens is 2. The topological polar surface area (TPSA) is 41.1 Å². The zero-order chi connectivity index (χ0) is 13.8. The first-order valence-electron chi connectivity index (χ1n) is 7.20. The minimum Gasteiger partial charge on any atom is -0.369 e. The molecule has 5 heteroatoms. The van der Waals surface area contributed by atoms with E-state index in [-0.39, 0.29) is 0 Å². The first kappa shape index (κ1) is 13.4. The second kappa shape index (κ2) is 6.22. The van der Waals surface area contributed by atoms with E-state index in [0.717, 1.165) is 31.1 Å². The summed E-state index contributed by atoms with van der Waals surface area (Å²) < 4.78 is 0. The van der Waals surface area contributed by atoms with Crippen LogP contribution in [0.15, 0.2) is 29.2 Å². The average molecular weight is 288 g/mol. The van der Waals surface area contributed by atoms with Gasteiger partial charge in [0.15, 0.2) is 0 Å². The fourth-order valence-corrected chi connectivity index (χ4v) is 2.85. The summed E-state index contributed by atoms with van der Waals surface area (Å²) in [6, 6.07) is 2.82. The van der Waals surface area contributed by atoms with Crippen LogP contribution in [0.2, 0.25) is 0 Å². The van der Waals surface area contributed by atoms with E-state index in [4.69, 9.17) is 4.98 Å². The summed E-state index contributed by atoms with van der Waals surface area (Å²) in [6.07, 6.45) is 7.29. The lowest BCUT2D eigenvalue weighted by Gasteiger charge is -2.23. The summed E-state index contributed by atoms with van der Waals surface area (Å²) in [5.74, 6) is 1.86. The van der Waals surface area contributed by atoms with Crippen LogP contribution in [0.1, 0.15) is 31.7 Å². The SMILES string of the molecule is CCCNc1cncc(N(Cc2ccsc2)C2CC2)n1. The van der Waals surface area contributed by atoms with Crippen LogP contribution in [0, 0.1) is 0 Å². The molecule has 2 aromatic heterocycles. The van der Waals surface area contributed by atoms with Crippen LogP contribution < -0.4 is 10.2 Å². The number of hydrogen-bond acceptors (Lipinski definition) is 5. The molecule has 0 bridgehead atoms. The molecule has 2 heterocycles. The van der Waals surface area contributed by atoms with Gasteiger partial charge in [0.1, 0.15) is 11.6 Å². The maximum absolute atomic E-state index is 4.71. The van der Waals surface area contributed by atoms with Crippen LogP contribution >= 0.6 is 11.3 Å². The van der Waals surface area contributed by atoms with Crippen molar-refractivity contribution >= 4 is 23.0 Å². The number of anilines is 2. The molecule has 0 radical (unpaired) electrons. The summed E-state index contributed by atoms with van der Waals surface area (Å²) in [4.78, 5) is 11.4. The molecule has 3 rings (SSSR count). The highest BCUT2D eigenvalue weighted by atomic mass is 32.1. The third kappa shape index (κ3) is 3.28. The molecule has 106 valence electrons. The number of thiophene rings is 1. The molecule has 0 amide bonds. The Kier molecular flexibility index (Phi) is 4.16. The van der Waals surface area contributed by atoms with E-state index in [1.54, 1.807) is 17.5 Å². The van der Waals surface area contributed by atoms with E-state index in [0.29, 0.717) is 6.04 Å². The number of nitrogens with one attached hydrogen (secondary N) is 1. The van der Waals surface area contributed by atoms with Crippen molar-refractivity contribution in [2.75, 3.05) is 16.8 Å². The van der Waals surface area contributed by atoms with Gasteiger partial charge in [-0.3, -0.25) is 4.98 Å². The Morgan fingerprint density at radius 2 is 2.30 bits per heavy atom. The second-order valence-electron chi connectivity index (χ2n) is 5.18. The normalized spacial score (nSPS) is 14.2. The molecule has 0 atom stereocenters. The Labute approximate surface area is 123 Å². The molecule has 2 aromatic rings. The van der Waals surface area contributed by atoms with Gasteiger partial charge in [-0.1, -0.05) is 6.92 Å². The summed E-state index contributed by atoms with van der Waals surface area (Å²) in [5.41, 5.74) is 1.36. The zero-order valence-electron chi connectivity index (χ0n) is 11.7. The smallest absolute Gasteiger partial charge is 0.150 e. The van der Waals surface area contributed by atoms with Crippen molar-refractivity contribution < 1.29 is 0 Å². The van der Waals surface area contributed by atoms with Gasteiger partial charge in [0.2, 0.25) is 0 Å². The van der Waals surface area contributed by atoms with Gasteiger partial charge in [-0.05, 0) is 41.7 Å². The van der Waals surface area contributed by atoms with E-state index in [1.807, 2.05) is 6.20 Å². The Bertz CT molecular complexity index is 537. The third-order valence-corrected chi connectivity index (χ3v) is 4.12. The van der Waals surface area contributed by atoms with E-state index in [1.165, 1.54) is 18.4 Å². The second-order valence-corrected chi connectivity index (χ2v) is 5.96. The van der Waals surface area contributed by atoms with Gasteiger partial charge in [0.05, 0.1) is 12.4 Å². The molecule has 0 spiro atoms. The molecule has 0 saturated heterocycles. The van der Waals surface area contributed by atoms with E-state index in [2.05, 4.69) is 39.0 Å². The molecular weight excluding hydrogens is 268 g/mol. The maximum atomic E-state index is 4.71. The maximum Gasteiger partial charge on any atom is 0.150 e. The van der Waals surface area contributed by atoms with Crippen molar-refractivity contribution in [3.05, 3.63) is 34.8 Å². The summed E-state index contributed by atoms with van der Waals surface area (Å²) in [7, 11) is 0. The largest absolute Gasteiger partial charge is 0.369 e. The van der Waals surface area contributed by atoms with Gasteiger partial charge >= 0.3 is 0 Å². The van der Waals surface area contributed by atoms with Crippen molar-refractivity contribution in [1.82, 2.24) is 9.97 Å². The minimum absolute atomic E-state index is 0.630. The van der Waals surface area contributed by atoms with Gasteiger partial charge in [-0.15, -0.1) is 0 Å². The Balaban J connectivity index is 1.76.